The van der Waals surface area contributed by atoms with Crippen LogP contribution >= 0.6 is 0 Å². The van der Waals surface area contributed by atoms with Crippen LogP contribution in [-0.4, -0.2) is 33.3 Å². The number of aromatic carboxylic acids is 1. The van der Waals surface area contributed by atoms with Gasteiger partial charge in [0.2, 0.25) is 5.71 Å². The highest BCUT2D eigenvalue weighted by molar-refractivity contribution is 6.15. The molecule has 22 heavy (non-hydrogen) atoms. The summed E-state index contributed by atoms with van der Waals surface area (Å²) in [6.07, 6.45) is 1.23. The minimum atomic E-state index is -1.06. The van der Waals surface area contributed by atoms with Gasteiger partial charge in [-0.15, -0.1) is 0 Å². The molecule has 0 radical (unpaired) electrons. The molecule has 7 nitrogen and oxygen atoms in total. The van der Waals surface area contributed by atoms with Crippen molar-refractivity contribution < 1.29 is 19.1 Å². The van der Waals surface area contributed by atoms with Crippen LogP contribution in [0.2, 0.25) is 0 Å². The highest BCUT2D eigenvalue weighted by Crippen LogP contribution is 2.28. The average Bonchev–Trinajstić information content (AvgIpc) is 3.00. The molecule has 0 aromatic carbocycles. The van der Waals surface area contributed by atoms with E-state index in [1.54, 1.807) is 13.0 Å². The molecule has 1 aliphatic heterocycles. The number of furan rings is 1. The Morgan fingerprint density at radius 3 is 2.73 bits per heavy atom. The van der Waals surface area contributed by atoms with Gasteiger partial charge in [0, 0.05) is 11.6 Å². The standard InChI is InChI=1S/C15H15N3O4/c1-7(2)15(3)14(21)17-11(18-15)10-5-8-4-9(13(19)20)6-16-12(8)22-10/h4-7H,1-3H3,(H,19,20)(H,17,18,21). The molecule has 1 atom stereocenters. The number of carboxylic acids is 1. The van der Waals surface area contributed by atoms with Crippen LogP contribution in [0.1, 0.15) is 36.9 Å². The van der Waals surface area contributed by atoms with Gasteiger partial charge in [0.05, 0.1) is 5.56 Å². The molecular formula is C15H15N3O4. The van der Waals surface area contributed by atoms with Gasteiger partial charge in [-0.2, -0.15) is 0 Å². The Kier molecular flexibility index (Phi) is 3.01. The Morgan fingerprint density at radius 1 is 1.41 bits per heavy atom. The molecule has 1 amide bonds. The highest BCUT2D eigenvalue weighted by atomic mass is 16.4. The van der Waals surface area contributed by atoms with Gasteiger partial charge >= 0.3 is 5.97 Å². The van der Waals surface area contributed by atoms with Gasteiger partial charge in [-0.25, -0.2) is 14.8 Å². The van der Waals surface area contributed by atoms with E-state index in [0.29, 0.717) is 22.7 Å². The zero-order valence-corrected chi connectivity index (χ0v) is 12.4. The second kappa shape index (κ2) is 4.66. The van der Waals surface area contributed by atoms with Gasteiger partial charge in [-0.05, 0) is 25.0 Å². The minimum Gasteiger partial charge on any atom is -0.478 e. The molecule has 0 spiro atoms. The van der Waals surface area contributed by atoms with Crippen LogP contribution in [0.4, 0.5) is 0 Å². The van der Waals surface area contributed by atoms with Crippen molar-refractivity contribution in [2.75, 3.05) is 0 Å². The summed E-state index contributed by atoms with van der Waals surface area (Å²) in [7, 11) is 0. The van der Waals surface area contributed by atoms with E-state index in [2.05, 4.69) is 15.3 Å². The van der Waals surface area contributed by atoms with Crippen molar-refractivity contribution in [2.45, 2.75) is 26.3 Å². The molecule has 114 valence electrons. The van der Waals surface area contributed by atoms with Crippen molar-refractivity contribution in [1.29, 1.82) is 0 Å². The number of fused-ring (bicyclic) bond motifs is 1. The Labute approximate surface area is 126 Å². The maximum Gasteiger partial charge on any atom is 0.337 e. The minimum absolute atomic E-state index is 0.0334. The van der Waals surface area contributed by atoms with Gasteiger partial charge < -0.3 is 14.8 Å². The molecule has 0 aliphatic carbocycles. The number of pyridine rings is 1. The number of nitrogens with one attached hydrogen (secondary N) is 1. The molecule has 0 fully saturated rings. The summed E-state index contributed by atoms with van der Waals surface area (Å²) < 4.78 is 5.56. The maximum absolute atomic E-state index is 12.1. The molecule has 3 heterocycles. The van der Waals surface area contributed by atoms with Crippen molar-refractivity contribution in [3.8, 4) is 0 Å². The fourth-order valence-corrected chi connectivity index (χ4v) is 2.22. The van der Waals surface area contributed by atoms with Gasteiger partial charge in [0.15, 0.2) is 11.6 Å². The summed E-state index contributed by atoms with van der Waals surface area (Å²) in [5, 5.41) is 12.2. The van der Waals surface area contributed by atoms with Gasteiger partial charge in [-0.1, -0.05) is 13.8 Å². The first kappa shape index (κ1) is 14.2. The van der Waals surface area contributed by atoms with E-state index in [1.165, 1.54) is 12.3 Å². The molecule has 0 saturated heterocycles. The zero-order valence-electron chi connectivity index (χ0n) is 12.4. The number of carbonyl (C=O) groups is 2. The predicted molar refractivity (Wildman–Crippen MR) is 78.9 cm³/mol. The van der Waals surface area contributed by atoms with Crippen molar-refractivity contribution in [3.05, 3.63) is 29.7 Å². The van der Waals surface area contributed by atoms with Crippen molar-refractivity contribution in [3.63, 3.8) is 0 Å². The van der Waals surface area contributed by atoms with E-state index in [-0.39, 0.29) is 17.4 Å². The summed E-state index contributed by atoms with van der Waals surface area (Å²) >= 11 is 0. The summed E-state index contributed by atoms with van der Waals surface area (Å²) in [6.45, 7) is 5.61. The monoisotopic (exact) mass is 301 g/mol. The summed E-state index contributed by atoms with van der Waals surface area (Å²) in [6, 6.07) is 3.09. The lowest BCUT2D eigenvalue weighted by atomic mass is 9.89. The number of carbonyl (C=O) groups excluding carboxylic acids is 1. The number of hydrogen-bond acceptors (Lipinski definition) is 5. The Hall–Kier alpha value is -2.70. The Bertz CT molecular complexity index is 821. The van der Waals surface area contributed by atoms with Gasteiger partial charge in [0.25, 0.3) is 5.91 Å². The topological polar surface area (TPSA) is 105 Å². The van der Waals surface area contributed by atoms with Crippen molar-refractivity contribution >= 4 is 28.8 Å². The third-order valence-corrected chi connectivity index (χ3v) is 4.01. The maximum atomic E-state index is 12.1. The van der Waals surface area contributed by atoms with Crippen LogP contribution in [0.25, 0.3) is 11.1 Å². The molecule has 0 saturated carbocycles. The lowest BCUT2D eigenvalue weighted by molar-refractivity contribution is -0.124. The fraction of sp³-hybridized carbons (Fsp3) is 0.333. The number of rotatable bonds is 3. The molecule has 1 aliphatic rings. The van der Waals surface area contributed by atoms with Crippen LogP contribution in [-0.2, 0) is 4.79 Å². The lowest BCUT2D eigenvalue weighted by Crippen LogP contribution is -2.41. The van der Waals surface area contributed by atoms with Crippen LogP contribution in [0.3, 0.4) is 0 Å². The van der Waals surface area contributed by atoms with Crippen LogP contribution in [0, 0.1) is 5.92 Å². The molecule has 2 aromatic heterocycles. The van der Waals surface area contributed by atoms with E-state index in [0.717, 1.165) is 0 Å². The largest absolute Gasteiger partial charge is 0.478 e. The van der Waals surface area contributed by atoms with Crippen LogP contribution < -0.4 is 5.32 Å². The van der Waals surface area contributed by atoms with Crippen LogP contribution in [0.5, 0.6) is 0 Å². The number of carboxylic acid groups (broad SMARTS) is 1. The van der Waals surface area contributed by atoms with E-state index >= 15 is 0 Å². The highest BCUT2D eigenvalue weighted by Gasteiger charge is 2.42. The third-order valence-electron chi connectivity index (χ3n) is 4.01. The second-order valence-corrected chi connectivity index (χ2v) is 5.75. The average molecular weight is 301 g/mol. The fourth-order valence-electron chi connectivity index (χ4n) is 2.22. The van der Waals surface area contributed by atoms with Crippen molar-refractivity contribution in [1.82, 2.24) is 10.3 Å². The number of hydrogen-bond donors (Lipinski definition) is 2. The van der Waals surface area contributed by atoms with Crippen LogP contribution in [0.15, 0.2) is 27.7 Å². The number of amidine groups is 1. The molecule has 2 aromatic rings. The third kappa shape index (κ3) is 2.05. The van der Waals surface area contributed by atoms with E-state index in [1.807, 2.05) is 13.8 Å². The molecule has 7 heteroatoms. The number of amides is 1. The smallest absolute Gasteiger partial charge is 0.337 e. The molecule has 0 bridgehead atoms. The Morgan fingerprint density at radius 2 is 2.14 bits per heavy atom. The summed E-state index contributed by atoms with van der Waals surface area (Å²) in [5.74, 6) is -0.502. The Balaban J connectivity index is 2.04. The summed E-state index contributed by atoms with van der Waals surface area (Å²) in [4.78, 5) is 31.5. The van der Waals surface area contributed by atoms with E-state index in [4.69, 9.17) is 9.52 Å². The lowest BCUT2D eigenvalue weighted by Gasteiger charge is -2.21. The first-order chi connectivity index (χ1) is 10.3. The number of aromatic nitrogens is 1. The van der Waals surface area contributed by atoms with Gasteiger partial charge in [-0.3, -0.25) is 4.79 Å². The van der Waals surface area contributed by atoms with Gasteiger partial charge in [0.1, 0.15) is 5.54 Å². The van der Waals surface area contributed by atoms with E-state index in [9.17, 15) is 9.59 Å². The quantitative estimate of drug-likeness (QED) is 0.899. The molecular weight excluding hydrogens is 286 g/mol. The summed E-state index contributed by atoms with van der Waals surface area (Å²) in [5.41, 5.74) is -0.465. The molecule has 2 N–H and O–H groups in total. The second-order valence-electron chi connectivity index (χ2n) is 5.75. The molecule has 3 rings (SSSR count). The predicted octanol–water partition coefficient (Wildman–Crippen LogP) is 1.82. The van der Waals surface area contributed by atoms with Crippen molar-refractivity contribution in [2.24, 2.45) is 10.9 Å². The number of aliphatic imine (C=N–C) groups is 1. The molecule has 1 unspecified atom stereocenters. The normalized spacial score (nSPS) is 21.3. The zero-order chi connectivity index (χ0) is 16.1. The SMILES string of the molecule is CC(C)C1(C)N=C(c2cc3cc(C(=O)O)cnc3o2)NC1=O. The number of nitrogens with zero attached hydrogens (tertiary/aromatic N) is 2. The first-order valence-electron chi connectivity index (χ1n) is 6.86. The first-order valence-corrected chi connectivity index (χ1v) is 6.86. The van der Waals surface area contributed by atoms with E-state index < -0.39 is 11.5 Å².